The fourth-order valence-electron chi connectivity index (χ4n) is 2.23. The second-order valence-electron chi connectivity index (χ2n) is 5.35. The van der Waals surface area contributed by atoms with E-state index < -0.39 is 21.5 Å². The maximum atomic E-state index is 11.2. The van der Waals surface area contributed by atoms with Crippen LogP contribution in [0.25, 0.3) is 0 Å². The van der Waals surface area contributed by atoms with Gasteiger partial charge in [-0.05, 0) is 19.3 Å². The van der Waals surface area contributed by atoms with Crippen LogP contribution < -0.4 is 29.6 Å². The molecule has 0 aliphatic rings. The van der Waals surface area contributed by atoms with E-state index in [1.54, 1.807) is 0 Å². The minimum Gasteiger partial charge on any atom is -0.748 e. The number of aliphatic hydroxyl groups is 1. The molecule has 0 amide bonds. The number of unbranched alkanes of at least 4 members (excludes halogenated alkanes) is 5. The van der Waals surface area contributed by atoms with Gasteiger partial charge in [0.1, 0.15) is 0 Å². The Kier molecular flexibility index (Phi) is 15.7. The summed E-state index contributed by atoms with van der Waals surface area (Å²) in [5, 5.41) is 8.89. The van der Waals surface area contributed by atoms with E-state index in [0.717, 1.165) is 44.9 Å². The van der Waals surface area contributed by atoms with Crippen LogP contribution >= 0.6 is 0 Å². The van der Waals surface area contributed by atoms with Gasteiger partial charge in [-0.3, -0.25) is 0 Å². The van der Waals surface area contributed by atoms with Crippen molar-refractivity contribution in [2.75, 3.05) is 0 Å². The molecule has 0 aliphatic heterocycles. The topological polar surface area (TPSA) is 77.4 Å². The largest absolute Gasteiger partial charge is 1.00 e. The first kappa shape index (κ1) is 23.1. The summed E-state index contributed by atoms with van der Waals surface area (Å²) in [4.78, 5) is 0. The van der Waals surface area contributed by atoms with E-state index in [0.29, 0.717) is 12.8 Å². The van der Waals surface area contributed by atoms with Gasteiger partial charge in [0.15, 0.2) is 0 Å². The fourth-order valence-corrected chi connectivity index (χ4v) is 3.14. The minimum absolute atomic E-state index is 0. The van der Waals surface area contributed by atoms with Gasteiger partial charge in [-0.15, -0.1) is 0 Å². The van der Waals surface area contributed by atoms with E-state index in [1.807, 2.05) is 0 Å². The van der Waals surface area contributed by atoms with Crippen LogP contribution in [-0.4, -0.2) is 29.4 Å². The molecular weight excluding hydrogens is 287 g/mol. The zero-order valence-corrected chi connectivity index (χ0v) is 16.1. The van der Waals surface area contributed by atoms with Crippen LogP contribution in [0.4, 0.5) is 0 Å². The van der Waals surface area contributed by atoms with Crippen LogP contribution in [0, 0.1) is 0 Å². The average Bonchev–Trinajstić information content (AvgIpc) is 2.32. The number of rotatable bonds is 12. The predicted molar refractivity (Wildman–Crippen MR) is 77.0 cm³/mol. The molecule has 6 heteroatoms. The summed E-state index contributed by atoms with van der Waals surface area (Å²) in [5.74, 6) is 0. The molecular formula is C14H29NaO4S. The molecule has 4 nitrogen and oxygen atoms in total. The summed E-state index contributed by atoms with van der Waals surface area (Å²) in [7, 11) is -4.29. The fraction of sp³-hybridized carbons (Fsp3) is 1.00. The van der Waals surface area contributed by atoms with Crippen molar-refractivity contribution >= 4 is 10.1 Å². The van der Waals surface area contributed by atoms with Crippen LogP contribution in [0.1, 0.15) is 78.1 Å². The monoisotopic (exact) mass is 316 g/mol. The SMILES string of the molecule is CCCCCCC(CC(O)CCCCC)S(=O)(=O)[O-].[Na+]. The summed E-state index contributed by atoms with van der Waals surface area (Å²) < 4.78 is 33.6. The molecule has 0 saturated heterocycles. The maximum Gasteiger partial charge on any atom is 1.00 e. The third-order valence-electron chi connectivity index (χ3n) is 3.46. The number of hydrogen-bond acceptors (Lipinski definition) is 4. The summed E-state index contributed by atoms with van der Waals surface area (Å²) in [6, 6.07) is 0. The summed E-state index contributed by atoms with van der Waals surface area (Å²) in [6.45, 7) is 4.16. The van der Waals surface area contributed by atoms with Crippen LogP contribution in [-0.2, 0) is 10.1 Å². The second-order valence-corrected chi connectivity index (χ2v) is 7.00. The van der Waals surface area contributed by atoms with Gasteiger partial charge in [-0.2, -0.15) is 0 Å². The molecule has 0 bridgehead atoms. The third kappa shape index (κ3) is 12.6. The summed E-state index contributed by atoms with van der Waals surface area (Å²) >= 11 is 0. The van der Waals surface area contributed by atoms with Crippen LogP contribution in [0.5, 0.6) is 0 Å². The molecule has 2 atom stereocenters. The normalized spacial score (nSPS) is 14.6. The Labute approximate surface area is 146 Å². The van der Waals surface area contributed by atoms with Crippen molar-refractivity contribution in [2.24, 2.45) is 0 Å². The smallest absolute Gasteiger partial charge is 0.748 e. The van der Waals surface area contributed by atoms with Gasteiger partial charge < -0.3 is 9.66 Å². The van der Waals surface area contributed by atoms with Crippen molar-refractivity contribution in [2.45, 2.75) is 89.4 Å². The van der Waals surface area contributed by atoms with Gasteiger partial charge in [-0.25, -0.2) is 8.42 Å². The second kappa shape index (κ2) is 13.5. The minimum atomic E-state index is -4.29. The Hall–Kier alpha value is 0.870. The molecule has 0 aromatic heterocycles. The average molecular weight is 316 g/mol. The van der Waals surface area contributed by atoms with E-state index in [1.165, 1.54) is 0 Å². The molecule has 0 heterocycles. The maximum absolute atomic E-state index is 11.2. The first-order valence-corrected chi connectivity index (χ1v) is 9.01. The zero-order chi connectivity index (χ0) is 14.7. The van der Waals surface area contributed by atoms with Crippen LogP contribution in [0.2, 0.25) is 0 Å². The molecule has 0 rings (SSSR count). The van der Waals surface area contributed by atoms with E-state index >= 15 is 0 Å². The quantitative estimate of drug-likeness (QED) is 0.317. The molecule has 0 aliphatic carbocycles. The third-order valence-corrected chi connectivity index (χ3v) is 4.71. The molecule has 2 unspecified atom stereocenters. The molecule has 0 aromatic rings. The molecule has 0 radical (unpaired) electrons. The van der Waals surface area contributed by atoms with Gasteiger partial charge in [0.05, 0.1) is 21.5 Å². The van der Waals surface area contributed by atoms with Gasteiger partial charge in [-0.1, -0.05) is 58.8 Å². The Morgan fingerprint density at radius 2 is 1.45 bits per heavy atom. The van der Waals surface area contributed by atoms with Crippen molar-refractivity contribution in [3.63, 3.8) is 0 Å². The molecule has 0 saturated carbocycles. The molecule has 0 fully saturated rings. The van der Waals surface area contributed by atoms with Crippen LogP contribution in [0.15, 0.2) is 0 Å². The van der Waals surface area contributed by atoms with E-state index in [9.17, 15) is 18.1 Å². The Morgan fingerprint density at radius 3 is 1.95 bits per heavy atom. The first-order valence-electron chi connectivity index (χ1n) is 7.54. The van der Waals surface area contributed by atoms with Gasteiger partial charge in [0.2, 0.25) is 0 Å². The molecule has 1 N–H and O–H groups in total. The Bertz CT molecular complexity index is 306. The van der Waals surface area contributed by atoms with Crippen molar-refractivity contribution in [1.29, 1.82) is 0 Å². The van der Waals surface area contributed by atoms with Gasteiger partial charge >= 0.3 is 29.6 Å². The van der Waals surface area contributed by atoms with E-state index in [2.05, 4.69) is 13.8 Å². The van der Waals surface area contributed by atoms with Gasteiger partial charge in [0, 0.05) is 0 Å². The number of aliphatic hydroxyl groups excluding tert-OH is 1. The number of hydrogen-bond donors (Lipinski definition) is 1. The van der Waals surface area contributed by atoms with Crippen molar-refractivity contribution in [3.05, 3.63) is 0 Å². The van der Waals surface area contributed by atoms with Crippen molar-refractivity contribution in [3.8, 4) is 0 Å². The van der Waals surface area contributed by atoms with E-state index in [4.69, 9.17) is 0 Å². The summed E-state index contributed by atoms with van der Waals surface area (Å²) in [6.07, 6.45) is 7.24. The first-order chi connectivity index (χ1) is 8.91. The predicted octanol–water partition coefficient (Wildman–Crippen LogP) is 0.206. The van der Waals surface area contributed by atoms with Gasteiger partial charge in [0.25, 0.3) is 0 Å². The molecule has 0 aromatic carbocycles. The van der Waals surface area contributed by atoms with Crippen molar-refractivity contribution in [1.82, 2.24) is 0 Å². The summed E-state index contributed by atoms with van der Waals surface area (Å²) in [5.41, 5.74) is 0. The Balaban J connectivity index is 0. The van der Waals surface area contributed by atoms with Crippen molar-refractivity contribution < 1.29 is 47.6 Å². The molecule has 116 valence electrons. The van der Waals surface area contributed by atoms with E-state index in [-0.39, 0.29) is 36.0 Å². The molecule has 0 spiro atoms. The zero-order valence-electron chi connectivity index (χ0n) is 13.3. The standard InChI is InChI=1S/C14H30O4S.Na/c1-3-5-7-9-11-14(19(16,17)18)12-13(15)10-8-6-4-2;/h13-15H,3-12H2,1-2H3,(H,16,17,18);/q;+1/p-1. The van der Waals surface area contributed by atoms with Crippen LogP contribution in [0.3, 0.4) is 0 Å². The molecule has 20 heavy (non-hydrogen) atoms. The Morgan fingerprint density at radius 1 is 0.950 bits per heavy atom.